The fourth-order valence-corrected chi connectivity index (χ4v) is 7.10. The Morgan fingerprint density at radius 2 is 0.745 bits per heavy atom. The summed E-state index contributed by atoms with van der Waals surface area (Å²) in [6, 6.07) is 0. The quantitative estimate of drug-likeness (QED) is 0.0225. The zero-order chi connectivity index (χ0) is 36.8. The van der Waals surface area contributed by atoms with Crippen LogP contribution >= 0.6 is 0 Å². The average molecular weight is 715 g/mol. The summed E-state index contributed by atoms with van der Waals surface area (Å²) in [7, 11) is 0. The number of ether oxygens (including phenoxy) is 3. The maximum atomic E-state index is 13.0. The van der Waals surface area contributed by atoms with Crippen molar-refractivity contribution in [3.63, 3.8) is 0 Å². The summed E-state index contributed by atoms with van der Waals surface area (Å²) in [5.74, 6) is -4.16. The highest BCUT2D eigenvalue weighted by Crippen LogP contribution is 2.44. The Hall–Kier alpha value is -2.28. The molecule has 1 heterocycles. The van der Waals surface area contributed by atoms with E-state index in [1.54, 1.807) is 0 Å². The topological polar surface area (TPSA) is 99.3 Å². The van der Waals surface area contributed by atoms with Crippen molar-refractivity contribution in [3.05, 3.63) is 24.3 Å². The van der Waals surface area contributed by atoms with E-state index in [2.05, 4.69) is 38.2 Å². The van der Waals surface area contributed by atoms with E-state index in [0.717, 1.165) is 64.2 Å². The standard InChI is InChI=1S/C44H74O7/c1-3-5-7-9-11-13-15-17-19-21-23-25-27-29-31-33-41(45)50-43(47)37-35-39-40(49-39)36-38(37)44(48)51-42(46)34-32-30-28-26-24-22-20-18-16-14-12-10-8-6-4-2/h17-20,37-40H,3-16,21-36H2,1-2H3. The molecular weight excluding hydrogens is 640 g/mol. The minimum Gasteiger partial charge on any atom is -0.393 e. The van der Waals surface area contributed by atoms with Gasteiger partial charge >= 0.3 is 23.9 Å². The molecule has 0 aromatic heterocycles. The maximum Gasteiger partial charge on any atom is 0.317 e. The van der Waals surface area contributed by atoms with Crippen LogP contribution in [0.2, 0.25) is 0 Å². The molecule has 2 aliphatic rings. The Morgan fingerprint density at radius 3 is 1.08 bits per heavy atom. The summed E-state index contributed by atoms with van der Waals surface area (Å²) < 4.78 is 15.9. The summed E-state index contributed by atoms with van der Waals surface area (Å²) in [5.41, 5.74) is 0. The van der Waals surface area contributed by atoms with Crippen molar-refractivity contribution in [1.29, 1.82) is 0 Å². The Balaban J connectivity index is 1.51. The molecular formula is C44H74O7. The molecule has 51 heavy (non-hydrogen) atoms. The molecule has 1 aliphatic heterocycles. The number of epoxide rings is 1. The number of carbonyl (C=O) groups excluding carboxylic acids is 4. The van der Waals surface area contributed by atoms with Gasteiger partial charge in [0, 0.05) is 12.8 Å². The fourth-order valence-electron chi connectivity index (χ4n) is 7.10. The number of hydrogen-bond acceptors (Lipinski definition) is 7. The molecule has 1 aliphatic carbocycles. The summed E-state index contributed by atoms with van der Waals surface area (Å²) >= 11 is 0. The Bertz CT molecular complexity index is 923. The van der Waals surface area contributed by atoms with Crippen molar-refractivity contribution in [2.45, 2.75) is 219 Å². The molecule has 0 spiro atoms. The molecule has 1 saturated carbocycles. The maximum absolute atomic E-state index is 13.0. The van der Waals surface area contributed by atoms with E-state index in [9.17, 15) is 19.2 Å². The predicted octanol–water partition coefficient (Wildman–Crippen LogP) is 12.0. The highest BCUT2D eigenvalue weighted by Gasteiger charge is 2.54. The van der Waals surface area contributed by atoms with E-state index in [0.29, 0.717) is 25.7 Å². The molecule has 7 heteroatoms. The monoisotopic (exact) mass is 715 g/mol. The summed E-state index contributed by atoms with van der Waals surface area (Å²) in [6.07, 6.45) is 40.4. The number of carbonyl (C=O) groups is 4. The van der Waals surface area contributed by atoms with E-state index in [1.807, 2.05) is 0 Å². The molecule has 0 amide bonds. The van der Waals surface area contributed by atoms with Gasteiger partial charge < -0.3 is 14.2 Å². The molecule has 1 saturated heterocycles. The van der Waals surface area contributed by atoms with Gasteiger partial charge in [-0.2, -0.15) is 0 Å². The largest absolute Gasteiger partial charge is 0.393 e. The smallest absolute Gasteiger partial charge is 0.317 e. The molecule has 2 fully saturated rings. The van der Waals surface area contributed by atoms with Gasteiger partial charge in [-0.3, -0.25) is 19.2 Å². The van der Waals surface area contributed by atoms with Crippen LogP contribution in [0.5, 0.6) is 0 Å². The highest BCUT2D eigenvalue weighted by molar-refractivity contribution is 5.92. The zero-order valence-electron chi connectivity index (χ0n) is 32.7. The Labute approximate surface area is 311 Å². The number of fused-ring (bicyclic) bond motifs is 1. The van der Waals surface area contributed by atoms with Gasteiger partial charge in [-0.15, -0.1) is 0 Å². The van der Waals surface area contributed by atoms with Gasteiger partial charge in [0.1, 0.15) is 0 Å². The molecule has 4 atom stereocenters. The summed E-state index contributed by atoms with van der Waals surface area (Å²) in [4.78, 5) is 50.8. The van der Waals surface area contributed by atoms with Gasteiger partial charge in [0.2, 0.25) is 0 Å². The molecule has 0 N–H and O–H groups in total. The first-order valence-electron chi connectivity index (χ1n) is 21.4. The fraction of sp³-hybridized carbons (Fsp3) is 0.818. The van der Waals surface area contributed by atoms with Gasteiger partial charge in [-0.1, -0.05) is 141 Å². The third kappa shape index (κ3) is 23.1. The predicted molar refractivity (Wildman–Crippen MR) is 206 cm³/mol. The van der Waals surface area contributed by atoms with Crippen LogP contribution in [0, 0.1) is 11.8 Å². The van der Waals surface area contributed by atoms with Crippen LogP contribution in [-0.2, 0) is 33.4 Å². The van der Waals surface area contributed by atoms with Crippen LogP contribution in [0.15, 0.2) is 24.3 Å². The van der Waals surface area contributed by atoms with E-state index in [1.165, 1.54) is 89.9 Å². The lowest BCUT2D eigenvalue weighted by Gasteiger charge is -2.25. The first-order chi connectivity index (χ1) is 25.0. The van der Waals surface area contributed by atoms with Crippen LogP contribution < -0.4 is 0 Å². The van der Waals surface area contributed by atoms with Gasteiger partial charge in [0.15, 0.2) is 0 Å². The average Bonchev–Trinajstić information content (AvgIpc) is 3.90. The molecule has 2 rings (SSSR count). The number of hydrogen-bond donors (Lipinski definition) is 0. The molecule has 0 aromatic carbocycles. The lowest BCUT2D eigenvalue weighted by atomic mass is 9.79. The normalized spacial score (nSPS) is 19.7. The summed E-state index contributed by atoms with van der Waals surface area (Å²) in [5, 5.41) is 0. The first kappa shape index (κ1) is 44.9. The Morgan fingerprint density at radius 1 is 0.451 bits per heavy atom. The van der Waals surface area contributed by atoms with Crippen molar-refractivity contribution in [2.24, 2.45) is 11.8 Å². The molecule has 4 unspecified atom stereocenters. The van der Waals surface area contributed by atoms with Crippen molar-refractivity contribution in [3.8, 4) is 0 Å². The molecule has 0 radical (unpaired) electrons. The molecule has 0 bridgehead atoms. The number of unbranched alkanes of at least 4 members (excludes halogenated alkanes) is 22. The minimum absolute atomic E-state index is 0.0985. The highest BCUT2D eigenvalue weighted by atomic mass is 16.6. The third-order valence-corrected chi connectivity index (χ3v) is 10.5. The van der Waals surface area contributed by atoms with E-state index < -0.39 is 35.7 Å². The van der Waals surface area contributed by atoms with Gasteiger partial charge in [-0.25, -0.2) is 0 Å². The van der Waals surface area contributed by atoms with Gasteiger partial charge in [0.25, 0.3) is 0 Å². The van der Waals surface area contributed by atoms with Crippen molar-refractivity contribution in [1.82, 2.24) is 0 Å². The zero-order valence-corrected chi connectivity index (χ0v) is 32.7. The van der Waals surface area contributed by atoms with E-state index >= 15 is 0 Å². The molecule has 292 valence electrons. The first-order valence-corrected chi connectivity index (χ1v) is 21.4. The van der Waals surface area contributed by atoms with Crippen LogP contribution in [0.4, 0.5) is 0 Å². The van der Waals surface area contributed by atoms with Crippen LogP contribution in [0.3, 0.4) is 0 Å². The van der Waals surface area contributed by atoms with Crippen molar-refractivity contribution >= 4 is 23.9 Å². The number of rotatable bonds is 32. The van der Waals surface area contributed by atoms with E-state index in [-0.39, 0.29) is 25.0 Å². The number of allylic oxidation sites excluding steroid dienone is 4. The van der Waals surface area contributed by atoms with Crippen LogP contribution in [0.25, 0.3) is 0 Å². The van der Waals surface area contributed by atoms with Crippen molar-refractivity contribution < 1.29 is 33.4 Å². The Kier molecular flexibility index (Phi) is 26.6. The lowest BCUT2D eigenvalue weighted by molar-refractivity contribution is -0.173. The SMILES string of the molecule is CCCCCCCCC=CCCCCCCCC(=O)OC(=O)C1CC2OC2CC1C(=O)OC(=O)CCCCCCCC=CCCCCCCCC. The third-order valence-electron chi connectivity index (χ3n) is 10.5. The second kappa shape index (κ2) is 30.2. The number of esters is 4. The van der Waals surface area contributed by atoms with Crippen LogP contribution in [0.1, 0.15) is 206 Å². The second-order valence-electron chi connectivity index (χ2n) is 15.2. The van der Waals surface area contributed by atoms with Crippen LogP contribution in [-0.4, -0.2) is 36.1 Å². The van der Waals surface area contributed by atoms with Crippen molar-refractivity contribution in [2.75, 3.05) is 0 Å². The van der Waals surface area contributed by atoms with Gasteiger partial charge in [0.05, 0.1) is 24.0 Å². The van der Waals surface area contributed by atoms with E-state index in [4.69, 9.17) is 14.2 Å². The summed E-state index contributed by atoms with van der Waals surface area (Å²) in [6.45, 7) is 4.50. The van der Waals surface area contributed by atoms with Gasteiger partial charge in [-0.05, 0) is 77.0 Å². The molecule has 0 aromatic rings. The second-order valence-corrected chi connectivity index (χ2v) is 15.2. The molecule has 7 nitrogen and oxygen atoms in total. The lowest BCUT2D eigenvalue weighted by Crippen LogP contribution is -2.39. The minimum atomic E-state index is -0.827.